The van der Waals surface area contributed by atoms with Crippen molar-refractivity contribution in [1.29, 1.82) is 0 Å². The largest absolute Gasteiger partial charge is 0.483 e. The zero-order valence-corrected chi connectivity index (χ0v) is 10.7. The van der Waals surface area contributed by atoms with Gasteiger partial charge in [0.1, 0.15) is 5.75 Å². The molecule has 1 nitrogen and oxygen atoms in total. The second kappa shape index (κ2) is 5.48. The van der Waals surface area contributed by atoms with E-state index in [4.69, 9.17) is 4.74 Å². The number of hydrogen-bond donors (Lipinski definition) is 0. The Morgan fingerprint density at radius 1 is 1.26 bits per heavy atom. The molecule has 0 aliphatic carbocycles. The minimum absolute atomic E-state index is 0.216. The van der Waals surface area contributed by atoms with Gasteiger partial charge in [-0.1, -0.05) is 30.9 Å². The van der Waals surface area contributed by atoms with Gasteiger partial charge in [-0.15, -0.1) is 0 Å². The summed E-state index contributed by atoms with van der Waals surface area (Å²) in [6.07, 6.45) is -2.87. The van der Waals surface area contributed by atoms with Gasteiger partial charge in [-0.25, -0.2) is 0 Å². The maximum atomic E-state index is 12.3. The number of benzene rings is 1. The summed E-state index contributed by atoms with van der Waals surface area (Å²) < 4.78 is 41.9. The third kappa shape index (κ3) is 3.38. The molecule has 0 aliphatic rings. The van der Waals surface area contributed by atoms with Crippen LogP contribution in [-0.2, 0) is 0 Å². The van der Waals surface area contributed by atoms with Gasteiger partial charge in [-0.3, -0.25) is 0 Å². The maximum absolute atomic E-state index is 12.3. The molecular weight excluding hydrogens is 273 g/mol. The van der Waals surface area contributed by atoms with Crippen LogP contribution in [0.15, 0.2) is 41.6 Å². The van der Waals surface area contributed by atoms with E-state index in [0.29, 0.717) is 11.1 Å². The predicted octanol–water partition coefficient (Wildman–Crippen LogP) is 5.00. The molecule has 0 spiro atoms. The first-order valence-corrected chi connectivity index (χ1v) is 6.43. The molecule has 2 aromatic rings. The molecule has 0 unspecified atom stereocenters. The molecule has 0 saturated heterocycles. The highest BCUT2D eigenvalue weighted by molar-refractivity contribution is 7.08. The lowest BCUT2D eigenvalue weighted by Crippen LogP contribution is -2.19. The Morgan fingerprint density at radius 2 is 2.05 bits per heavy atom. The molecule has 0 radical (unpaired) electrons. The van der Waals surface area contributed by atoms with E-state index in [0.717, 1.165) is 5.56 Å². The number of hydrogen-bond acceptors (Lipinski definition) is 2. The number of alkyl halides is 3. The zero-order chi connectivity index (χ0) is 13.9. The fraction of sp³-hybridized carbons (Fsp3) is 0.143. The summed E-state index contributed by atoms with van der Waals surface area (Å²) in [6, 6.07) is 7.02. The molecule has 100 valence electrons. The molecule has 1 aromatic carbocycles. The minimum atomic E-state index is -4.36. The Morgan fingerprint density at radius 3 is 2.63 bits per heavy atom. The van der Waals surface area contributed by atoms with Crippen LogP contribution in [0.2, 0.25) is 0 Å². The molecule has 1 aromatic heterocycles. The highest BCUT2D eigenvalue weighted by atomic mass is 32.1. The molecule has 0 bridgehead atoms. The van der Waals surface area contributed by atoms with Crippen molar-refractivity contribution in [1.82, 2.24) is 0 Å². The van der Waals surface area contributed by atoms with Crippen LogP contribution in [-0.4, -0.2) is 12.8 Å². The predicted molar refractivity (Wildman–Crippen MR) is 71.4 cm³/mol. The molecule has 0 N–H and O–H groups in total. The van der Waals surface area contributed by atoms with Crippen LogP contribution in [0.25, 0.3) is 17.2 Å². The fourth-order valence-electron chi connectivity index (χ4n) is 1.68. The van der Waals surface area contributed by atoms with Crippen molar-refractivity contribution in [3.8, 4) is 16.9 Å². The van der Waals surface area contributed by atoms with Gasteiger partial charge in [0.25, 0.3) is 0 Å². The SMILES string of the molecule is C=Cc1cccc(-c2ccsc2)c1OCC(F)(F)F. The summed E-state index contributed by atoms with van der Waals surface area (Å²) in [4.78, 5) is 0. The highest BCUT2D eigenvalue weighted by Crippen LogP contribution is 2.35. The summed E-state index contributed by atoms with van der Waals surface area (Å²) in [7, 11) is 0. The van der Waals surface area contributed by atoms with Crippen LogP contribution >= 0.6 is 11.3 Å². The van der Waals surface area contributed by atoms with Crippen molar-refractivity contribution in [2.24, 2.45) is 0 Å². The lowest BCUT2D eigenvalue weighted by molar-refractivity contribution is -0.153. The Bertz CT molecular complexity index is 559. The lowest BCUT2D eigenvalue weighted by Gasteiger charge is -2.15. The molecule has 0 aliphatic heterocycles. The maximum Gasteiger partial charge on any atom is 0.422 e. The van der Waals surface area contributed by atoms with Crippen molar-refractivity contribution in [2.75, 3.05) is 6.61 Å². The average molecular weight is 284 g/mol. The summed E-state index contributed by atoms with van der Waals surface area (Å²) in [5, 5.41) is 3.73. The topological polar surface area (TPSA) is 9.23 Å². The molecular formula is C14H11F3OS. The van der Waals surface area contributed by atoms with E-state index >= 15 is 0 Å². The van der Waals surface area contributed by atoms with Crippen molar-refractivity contribution in [3.05, 3.63) is 47.2 Å². The Hall–Kier alpha value is -1.75. The van der Waals surface area contributed by atoms with E-state index < -0.39 is 12.8 Å². The molecule has 1 heterocycles. The van der Waals surface area contributed by atoms with Gasteiger partial charge in [0.15, 0.2) is 6.61 Å². The Balaban J connectivity index is 2.41. The van der Waals surface area contributed by atoms with Crippen molar-refractivity contribution in [2.45, 2.75) is 6.18 Å². The van der Waals surface area contributed by atoms with Crippen LogP contribution in [0, 0.1) is 0 Å². The standard InChI is InChI=1S/C14H11F3OS/c1-2-10-4-3-5-12(11-6-7-19-8-11)13(10)18-9-14(15,16)17/h2-8H,1,9H2. The van der Waals surface area contributed by atoms with E-state index in [2.05, 4.69) is 6.58 Å². The van der Waals surface area contributed by atoms with E-state index in [1.165, 1.54) is 17.4 Å². The first-order valence-electron chi connectivity index (χ1n) is 5.49. The van der Waals surface area contributed by atoms with Gasteiger partial charge in [-0.05, 0) is 22.4 Å². The van der Waals surface area contributed by atoms with Gasteiger partial charge >= 0.3 is 6.18 Å². The summed E-state index contributed by atoms with van der Waals surface area (Å²) in [5.41, 5.74) is 2.03. The first-order chi connectivity index (χ1) is 9.01. The van der Waals surface area contributed by atoms with Crippen LogP contribution in [0.3, 0.4) is 0 Å². The van der Waals surface area contributed by atoms with Crippen LogP contribution in [0.5, 0.6) is 5.75 Å². The molecule has 2 rings (SSSR count). The van der Waals surface area contributed by atoms with Crippen LogP contribution in [0.4, 0.5) is 13.2 Å². The third-order valence-corrected chi connectivity index (χ3v) is 3.16. The molecule has 19 heavy (non-hydrogen) atoms. The van der Waals surface area contributed by atoms with Gasteiger partial charge in [0.2, 0.25) is 0 Å². The second-order valence-electron chi connectivity index (χ2n) is 3.84. The number of rotatable bonds is 4. The number of halogens is 3. The van der Waals surface area contributed by atoms with E-state index in [1.54, 1.807) is 18.2 Å². The average Bonchev–Trinajstić information content (AvgIpc) is 2.88. The van der Waals surface area contributed by atoms with E-state index in [-0.39, 0.29) is 5.75 Å². The van der Waals surface area contributed by atoms with Crippen LogP contribution in [0.1, 0.15) is 5.56 Å². The summed E-state index contributed by atoms with van der Waals surface area (Å²) >= 11 is 1.48. The van der Waals surface area contributed by atoms with Gasteiger partial charge in [0, 0.05) is 11.1 Å². The lowest BCUT2D eigenvalue weighted by atomic mass is 10.0. The molecule has 0 fully saturated rings. The number of para-hydroxylation sites is 1. The summed E-state index contributed by atoms with van der Waals surface area (Å²) in [6.45, 7) is 2.29. The first kappa shape index (κ1) is 13.7. The monoisotopic (exact) mass is 284 g/mol. The third-order valence-electron chi connectivity index (χ3n) is 2.48. The van der Waals surface area contributed by atoms with Gasteiger partial charge in [0.05, 0.1) is 0 Å². The fourth-order valence-corrected chi connectivity index (χ4v) is 2.33. The second-order valence-corrected chi connectivity index (χ2v) is 4.62. The van der Waals surface area contributed by atoms with E-state index in [1.807, 2.05) is 16.8 Å². The van der Waals surface area contributed by atoms with Gasteiger partial charge < -0.3 is 4.74 Å². The van der Waals surface area contributed by atoms with E-state index in [9.17, 15) is 13.2 Å². The van der Waals surface area contributed by atoms with Crippen molar-refractivity contribution < 1.29 is 17.9 Å². The Labute approximate surface area is 113 Å². The minimum Gasteiger partial charge on any atom is -0.483 e. The van der Waals surface area contributed by atoms with Gasteiger partial charge in [-0.2, -0.15) is 24.5 Å². The zero-order valence-electron chi connectivity index (χ0n) is 9.91. The molecule has 5 heteroatoms. The normalized spacial score (nSPS) is 11.3. The molecule has 0 amide bonds. The van der Waals surface area contributed by atoms with Crippen molar-refractivity contribution in [3.63, 3.8) is 0 Å². The number of ether oxygens (including phenoxy) is 1. The molecule has 0 saturated carbocycles. The molecule has 0 atom stereocenters. The number of thiophene rings is 1. The van der Waals surface area contributed by atoms with Crippen molar-refractivity contribution >= 4 is 17.4 Å². The summed E-state index contributed by atoms with van der Waals surface area (Å²) in [5.74, 6) is 0.216. The quantitative estimate of drug-likeness (QED) is 0.767. The Kier molecular flexibility index (Phi) is 3.95. The van der Waals surface area contributed by atoms with Crippen LogP contribution < -0.4 is 4.74 Å². The smallest absolute Gasteiger partial charge is 0.422 e. The highest BCUT2D eigenvalue weighted by Gasteiger charge is 2.29.